The van der Waals surface area contributed by atoms with Crippen LogP contribution in [-0.4, -0.2) is 4.57 Å². The first-order valence-corrected chi connectivity index (χ1v) is 7.71. The maximum absolute atomic E-state index is 13.0. The normalized spacial score (nSPS) is 11.9. The van der Waals surface area contributed by atoms with Gasteiger partial charge in [-0.2, -0.15) is 13.2 Å². The van der Waals surface area contributed by atoms with Gasteiger partial charge in [0.15, 0.2) is 0 Å². The monoisotopic (exact) mass is 351 g/mol. The van der Waals surface area contributed by atoms with E-state index in [2.05, 4.69) is 0 Å². The minimum Gasteiger partial charge on any atom is -0.281 e. The van der Waals surface area contributed by atoms with E-state index in [4.69, 9.17) is 11.6 Å². The van der Waals surface area contributed by atoms with Gasteiger partial charge in [0.1, 0.15) is 0 Å². The van der Waals surface area contributed by atoms with Gasteiger partial charge >= 0.3 is 6.18 Å². The predicted molar refractivity (Wildman–Crippen MR) is 88.9 cm³/mol. The van der Waals surface area contributed by atoms with Crippen molar-refractivity contribution in [3.63, 3.8) is 0 Å². The Hall–Kier alpha value is -2.27. The summed E-state index contributed by atoms with van der Waals surface area (Å²) in [5, 5.41) is 1.25. The van der Waals surface area contributed by atoms with Crippen molar-refractivity contribution < 1.29 is 13.2 Å². The van der Waals surface area contributed by atoms with Gasteiger partial charge in [-0.15, -0.1) is 0 Å². The summed E-state index contributed by atoms with van der Waals surface area (Å²) in [5.41, 5.74) is -0.426. The molecule has 0 spiro atoms. The van der Waals surface area contributed by atoms with Crippen LogP contribution in [0, 0.1) is 0 Å². The second-order valence-electron chi connectivity index (χ2n) is 5.38. The lowest BCUT2D eigenvalue weighted by atomic mass is 10.1. The SMILES string of the molecule is CCc1cc2cccc(Cl)c2c(=O)n1-c1cccc(C(F)(F)F)c1. The van der Waals surface area contributed by atoms with Gasteiger partial charge < -0.3 is 0 Å². The molecule has 0 fully saturated rings. The molecule has 0 unspecified atom stereocenters. The van der Waals surface area contributed by atoms with Crippen molar-refractivity contribution in [1.82, 2.24) is 4.57 Å². The molecule has 0 saturated heterocycles. The van der Waals surface area contributed by atoms with Crippen molar-refractivity contribution in [2.45, 2.75) is 19.5 Å². The third-order valence-electron chi connectivity index (χ3n) is 3.87. The Morgan fingerprint density at radius 1 is 1.08 bits per heavy atom. The predicted octanol–water partition coefficient (Wildman–Crippen LogP) is 5.23. The number of fused-ring (bicyclic) bond motifs is 1. The van der Waals surface area contributed by atoms with Gasteiger partial charge in [0.25, 0.3) is 5.56 Å². The molecule has 0 aliphatic heterocycles. The minimum atomic E-state index is -4.47. The zero-order chi connectivity index (χ0) is 17.5. The van der Waals surface area contributed by atoms with Crippen LogP contribution in [0.1, 0.15) is 18.2 Å². The maximum Gasteiger partial charge on any atom is 0.416 e. The van der Waals surface area contributed by atoms with Crippen molar-refractivity contribution in [1.29, 1.82) is 0 Å². The molecule has 124 valence electrons. The minimum absolute atomic E-state index is 0.175. The van der Waals surface area contributed by atoms with Gasteiger partial charge in [-0.05, 0) is 42.1 Å². The van der Waals surface area contributed by atoms with Crippen LogP contribution < -0.4 is 5.56 Å². The fourth-order valence-corrected chi connectivity index (χ4v) is 3.00. The van der Waals surface area contributed by atoms with E-state index in [9.17, 15) is 18.0 Å². The van der Waals surface area contributed by atoms with Crippen LogP contribution in [0.2, 0.25) is 5.02 Å². The largest absolute Gasteiger partial charge is 0.416 e. The number of halogens is 4. The van der Waals surface area contributed by atoms with Crippen molar-refractivity contribution in [2.75, 3.05) is 0 Å². The number of alkyl halides is 3. The number of rotatable bonds is 2. The third-order valence-corrected chi connectivity index (χ3v) is 4.18. The van der Waals surface area contributed by atoms with Gasteiger partial charge in [0.2, 0.25) is 0 Å². The summed E-state index contributed by atoms with van der Waals surface area (Å²) in [7, 11) is 0. The molecule has 6 heteroatoms. The molecule has 0 saturated carbocycles. The number of nitrogens with zero attached hydrogens (tertiary/aromatic N) is 1. The molecule has 0 atom stereocenters. The van der Waals surface area contributed by atoms with Gasteiger partial charge in [-0.3, -0.25) is 9.36 Å². The van der Waals surface area contributed by atoms with Crippen LogP contribution in [0.15, 0.2) is 53.3 Å². The summed E-state index contributed by atoms with van der Waals surface area (Å²) in [5.74, 6) is 0. The smallest absolute Gasteiger partial charge is 0.281 e. The second kappa shape index (κ2) is 5.98. The van der Waals surface area contributed by atoms with Gasteiger partial charge in [0.05, 0.1) is 16.0 Å². The van der Waals surface area contributed by atoms with Crippen LogP contribution in [0.5, 0.6) is 0 Å². The van der Waals surface area contributed by atoms with Crippen LogP contribution in [0.4, 0.5) is 13.2 Å². The van der Waals surface area contributed by atoms with Gasteiger partial charge in [-0.25, -0.2) is 0 Å². The average Bonchev–Trinajstić information content (AvgIpc) is 2.53. The van der Waals surface area contributed by atoms with Crippen molar-refractivity contribution >= 4 is 22.4 Å². The molecule has 0 bridgehead atoms. The first-order chi connectivity index (χ1) is 11.3. The summed E-state index contributed by atoms with van der Waals surface area (Å²) >= 11 is 6.13. The number of hydrogen-bond acceptors (Lipinski definition) is 1. The van der Waals surface area contributed by atoms with E-state index in [1.54, 1.807) is 24.3 Å². The Morgan fingerprint density at radius 3 is 2.46 bits per heavy atom. The number of benzene rings is 2. The van der Waals surface area contributed by atoms with Crippen molar-refractivity contribution in [2.24, 2.45) is 0 Å². The zero-order valence-electron chi connectivity index (χ0n) is 12.7. The summed E-state index contributed by atoms with van der Waals surface area (Å²) in [6.07, 6.45) is -3.98. The number of aromatic nitrogens is 1. The molecule has 2 nitrogen and oxygen atoms in total. The summed E-state index contributed by atoms with van der Waals surface area (Å²) in [6.45, 7) is 1.84. The molecule has 1 heterocycles. The molecule has 2 aromatic carbocycles. The quantitative estimate of drug-likeness (QED) is 0.620. The van der Waals surface area contributed by atoms with E-state index < -0.39 is 17.3 Å². The molecule has 3 rings (SSSR count). The van der Waals surface area contributed by atoms with Crippen LogP contribution in [0.3, 0.4) is 0 Å². The van der Waals surface area contributed by atoms with Gasteiger partial charge in [-0.1, -0.05) is 36.7 Å². The highest BCUT2D eigenvalue weighted by atomic mass is 35.5. The average molecular weight is 352 g/mol. The molecule has 0 N–H and O–H groups in total. The van der Waals surface area contributed by atoms with E-state index in [0.717, 1.165) is 12.1 Å². The maximum atomic E-state index is 13.0. The Kier molecular flexibility index (Phi) is 4.13. The lowest BCUT2D eigenvalue weighted by Gasteiger charge is -2.15. The highest BCUT2D eigenvalue weighted by Gasteiger charge is 2.30. The molecule has 0 aliphatic carbocycles. The number of hydrogen-bond donors (Lipinski definition) is 0. The molecule has 0 amide bonds. The van der Waals surface area contributed by atoms with Gasteiger partial charge in [0, 0.05) is 11.4 Å². The first kappa shape index (κ1) is 16.6. The van der Waals surface area contributed by atoms with E-state index in [0.29, 0.717) is 22.9 Å². The summed E-state index contributed by atoms with van der Waals surface area (Å²) in [4.78, 5) is 12.9. The third kappa shape index (κ3) is 2.80. The molecule has 24 heavy (non-hydrogen) atoms. The zero-order valence-corrected chi connectivity index (χ0v) is 13.4. The summed E-state index contributed by atoms with van der Waals surface area (Å²) < 4.78 is 40.2. The Labute approximate surface area is 141 Å². The Balaban J connectivity index is 2.36. The van der Waals surface area contributed by atoms with E-state index in [1.165, 1.54) is 16.7 Å². The molecule has 3 aromatic rings. The number of aryl methyl sites for hydroxylation is 1. The van der Waals surface area contributed by atoms with E-state index in [-0.39, 0.29) is 10.7 Å². The highest BCUT2D eigenvalue weighted by Crippen LogP contribution is 2.31. The molecular weight excluding hydrogens is 339 g/mol. The topological polar surface area (TPSA) is 22.0 Å². The fourth-order valence-electron chi connectivity index (χ4n) is 2.74. The molecule has 0 aliphatic rings. The lowest BCUT2D eigenvalue weighted by molar-refractivity contribution is -0.137. The molecule has 1 aromatic heterocycles. The fraction of sp³-hybridized carbons (Fsp3) is 0.167. The van der Waals surface area contributed by atoms with E-state index in [1.807, 2.05) is 6.92 Å². The highest BCUT2D eigenvalue weighted by molar-refractivity contribution is 6.35. The first-order valence-electron chi connectivity index (χ1n) is 7.33. The standard InChI is InChI=1S/C18H13ClF3NO/c1-2-13-9-11-5-3-8-15(19)16(11)17(24)23(13)14-7-4-6-12(10-14)18(20,21)22/h3-10H,2H2,1H3. The van der Waals surface area contributed by atoms with Crippen LogP contribution >= 0.6 is 11.6 Å². The van der Waals surface area contributed by atoms with Crippen LogP contribution in [0.25, 0.3) is 16.5 Å². The summed E-state index contributed by atoms with van der Waals surface area (Å²) in [6, 6.07) is 11.6. The van der Waals surface area contributed by atoms with E-state index >= 15 is 0 Å². The lowest BCUT2D eigenvalue weighted by Crippen LogP contribution is -2.22. The van der Waals surface area contributed by atoms with Crippen LogP contribution in [-0.2, 0) is 12.6 Å². The molecular formula is C18H13ClF3NO. The van der Waals surface area contributed by atoms with Crippen molar-refractivity contribution in [3.8, 4) is 5.69 Å². The Bertz CT molecular complexity index is 976. The Morgan fingerprint density at radius 2 is 1.79 bits per heavy atom. The van der Waals surface area contributed by atoms with Crippen molar-refractivity contribution in [3.05, 3.63) is 75.2 Å². The number of pyridine rings is 1. The second-order valence-corrected chi connectivity index (χ2v) is 5.79. The molecule has 0 radical (unpaired) electrons.